The van der Waals surface area contributed by atoms with E-state index in [1.54, 1.807) is 13.0 Å². The van der Waals surface area contributed by atoms with Crippen LogP contribution >= 0.6 is 0 Å². The summed E-state index contributed by atoms with van der Waals surface area (Å²) < 4.78 is 64.5. The van der Waals surface area contributed by atoms with Crippen molar-refractivity contribution >= 4 is 48.1 Å². The Morgan fingerprint density at radius 3 is 2.21 bits per heavy atom. The average molecular weight is 437 g/mol. The number of anilines is 1. The van der Waals surface area contributed by atoms with Crippen LogP contribution in [0.15, 0.2) is 62.5 Å². The molecule has 12 heteroatoms. The average Bonchev–Trinajstić information content (AvgIpc) is 2.60. The molecule has 0 radical (unpaired) electrons. The van der Waals surface area contributed by atoms with E-state index in [2.05, 4.69) is 10.2 Å². The van der Waals surface area contributed by atoms with Crippen LogP contribution in [0.5, 0.6) is 5.75 Å². The lowest BCUT2D eigenvalue weighted by Crippen LogP contribution is -1.99. The second kappa shape index (κ2) is 7.08. The number of phenols is 1. The number of aryl methyl sites for hydroxylation is 1. The van der Waals surface area contributed by atoms with Gasteiger partial charge in [-0.2, -0.15) is 16.8 Å². The fourth-order valence-electron chi connectivity index (χ4n) is 2.69. The van der Waals surface area contributed by atoms with E-state index in [-0.39, 0.29) is 27.8 Å². The van der Waals surface area contributed by atoms with E-state index in [1.807, 2.05) is 0 Å². The Hall–Kier alpha value is -3.06. The minimum atomic E-state index is -4.57. The maximum atomic E-state index is 11.6. The van der Waals surface area contributed by atoms with Gasteiger partial charge in [-0.15, -0.1) is 10.2 Å². The molecule has 3 aromatic carbocycles. The van der Waals surface area contributed by atoms with E-state index in [9.17, 15) is 31.0 Å². The molecule has 29 heavy (non-hydrogen) atoms. The van der Waals surface area contributed by atoms with Crippen molar-refractivity contribution in [2.75, 3.05) is 5.73 Å². The van der Waals surface area contributed by atoms with Gasteiger partial charge in [0.2, 0.25) is 0 Å². The highest BCUT2D eigenvalue weighted by atomic mass is 32.2. The van der Waals surface area contributed by atoms with Crippen LogP contribution in [0.25, 0.3) is 10.8 Å². The number of hydrogen-bond donors (Lipinski definition) is 4. The summed E-state index contributed by atoms with van der Waals surface area (Å²) in [5.74, 6) is -0.532. The minimum Gasteiger partial charge on any atom is -0.507 e. The van der Waals surface area contributed by atoms with Gasteiger partial charge in [0.25, 0.3) is 20.2 Å². The topological polar surface area (TPSA) is 180 Å². The van der Waals surface area contributed by atoms with E-state index >= 15 is 0 Å². The number of nitrogens with two attached hydrogens (primary N) is 1. The molecule has 0 heterocycles. The van der Waals surface area contributed by atoms with Crippen molar-refractivity contribution in [2.45, 2.75) is 16.7 Å². The lowest BCUT2D eigenvalue weighted by molar-refractivity contribution is 0.471. The molecule has 10 nitrogen and oxygen atoms in total. The molecule has 3 aromatic rings. The van der Waals surface area contributed by atoms with Crippen LogP contribution in [0.4, 0.5) is 17.1 Å². The molecule has 0 saturated heterocycles. The standard InChI is InChI=1S/C17H15N3O7S2/c1-9-2-5-13(15(6-9)29(25,26)27)19-20-17-12(18)4-3-10-7-11(28(22,23)24)8-14(21)16(10)17/h2-8,21H,18H2,1H3,(H,22,23,24)(H,25,26,27). The van der Waals surface area contributed by atoms with Gasteiger partial charge in [-0.1, -0.05) is 12.1 Å². The Morgan fingerprint density at radius 2 is 1.59 bits per heavy atom. The largest absolute Gasteiger partial charge is 0.507 e. The molecular weight excluding hydrogens is 422 g/mol. The molecule has 0 amide bonds. The van der Waals surface area contributed by atoms with Gasteiger partial charge in [0.15, 0.2) is 0 Å². The number of fused-ring (bicyclic) bond motifs is 1. The molecule has 0 fully saturated rings. The summed E-state index contributed by atoms with van der Waals surface area (Å²) in [6.07, 6.45) is 0. The first kappa shape index (κ1) is 20.7. The summed E-state index contributed by atoms with van der Waals surface area (Å²) in [6, 6.07) is 8.83. The monoisotopic (exact) mass is 437 g/mol. The molecule has 0 aliphatic heterocycles. The molecule has 0 bridgehead atoms. The predicted octanol–water partition coefficient (Wildman–Crippen LogP) is 3.34. The second-order valence-corrected chi connectivity index (χ2v) is 8.98. The van der Waals surface area contributed by atoms with Crippen molar-refractivity contribution in [2.24, 2.45) is 10.2 Å². The number of nitrogen functional groups attached to an aromatic ring is 1. The van der Waals surface area contributed by atoms with Gasteiger partial charge >= 0.3 is 0 Å². The normalized spacial score (nSPS) is 12.7. The molecule has 5 N–H and O–H groups in total. The van der Waals surface area contributed by atoms with Crippen molar-refractivity contribution in [3.8, 4) is 5.75 Å². The molecular formula is C17H15N3O7S2. The number of hydrogen-bond acceptors (Lipinski definition) is 8. The molecule has 0 aliphatic carbocycles. The minimum absolute atomic E-state index is 0.0432. The molecule has 0 aromatic heterocycles. The quantitative estimate of drug-likeness (QED) is 0.272. The Kier molecular flexibility index (Phi) is 5.04. The van der Waals surface area contributed by atoms with E-state index < -0.39 is 35.8 Å². The van der Waals surface area contributed by atoms with Gasteiger partial charge < -0.3 is 10.8 Å². The zero-order chi connectivity index (χ0) is 21.6. The lowest BCUT2D eigenvalue weighted by atomic mass is 10.1. The predicted molar refractivity (Wildman–Crippen MR) is 105 cm³/mol. The van der Waals surface area contributed by atoms with Gasteiger partial charge in [-0.25, -0.2) is 0 Å². The fraction of sp³-hybridized carbons (Fsp3) is 0.0588. The van der Waals surface area contributed by atoms with Crippen molar-refractivity contribution in [3.05, 3.63) is 48.0 Å². The summed E-state index contributed by atoms with van der Waals surface area (Å²) in [6.45, 7) is 1.63. The van der Waals surface area contributed by atoms with Gasteiger partial charge in [-0.3, -0.25) is 9.11 Å². The zero-order valence-corrected chi connectivity index (χ0v) is 16.4. The summed E-state index contributed by atoms with van der Waals surface area (Å²) in [5.41, 5.74) is 6.31. The highest BCUT2D eigenvalue weighted by Gasteiger charge is 2.18. The van der Waals surface area contributed by atoms with Gasteiger partial charge in [0.1, 0.15) is 22.0 Å². The number of rotatable bonds is 4. The van der Waals surface area contributed by atoms with E-state index in [4.69, 9.17) is 5.73 Å². The van der Waals surface area contributed by atoms with Crippen LogP contribution in [0, 0.1) is 6.92 Å². The summed E-state index contributed by atoms with van der Waals surface area (Å²) in [7, 11) is -9.13. The van der Waals surface area contributed by atoms with Crippen LogP contribution in [-0.4, -0.2) is 31.0 Å². The highest BCUT2D eigenvalue weighted by molar-refractivity contribution is 7.86. The molecule has 0 aliphatic rings. The molecule has 0 atom stereocenters. The third-order valence-electron chi connectivity index (χ3n) is 4.02. The Bertz CT molecular complexity index is 1380. The van der Waals surface area contributed by atoms with Crippen molar-refractivity contribution in [1.82, 2.24) is 0 Å². The van der Waals surface area contributed by atoms with Crippen LogP contribution in [-0.2, 0) is 20.2 Å². The first-order valence-corrected chi connectivity index (χ1v) is 10.8. The van der Waals surface area contributed by atoms with Crippen molar-refractivity contribution < 1.29 is 31.0 Å². The Morgan fingerprint density at radius 1 is 0.897 bits per heavy atom. The second-order valence-electron chi connectivity index (χ2n) is 6.17. The summed E-state index contributed by atoms with van der Waals surface area (Å²) in [5, 5.41) is 18.3. The highest BCUT2D eigenvalue weighted by Crippen LogP contribution is 2.40. The van der Waals surface area contributed by atoms with Gasteiger partial charge in [-0.05, 0) is 42.1 Å². The molecule has 3 rings (SSSR count). The van der Waals surface area contributed by atoms with Crippen LogP contribution in [0.1, 0.15) is 5.56 Å². The number of phenolic OH excluding ortho intramolecular Hbond substituents is 1. The van der Waals surface area contributed by atoms with Gasteiger partial charge in [0, 0.05) is 6.07 Å². The van der Waals surface area contributed by atoms with Gasteiger partial charge in [0.05, 0.1) is 16.0 Å². The van der Waals surface area contributed by atoms with E-state index in [0.29, 0.717) is 5.56 Å². The number of azo groups is 1. The first-order chi connectivity index (χ1) is 13.4. The fourth-order valence-corrected chi connectivity index (χ4v) is 3.93. The van der Waals surface area contributed by atoms with Crippen LogP contribution in [0.3, 0.4) is 0 Å². The van der Waals surface area contributed by atoms with E-state index in [1.165, 1.54) is 24.3 Å². The van der Waals surface area contributed by atoms with Crippen molar-refractivity contribution in [1.29, 1.82) is 0 Å². The van der Waals surface area contributed by atoms with Crippen LogP contribution in [0.2, 0.25) is 0 Å². The molecule has 0 spiro atoms. The maximum Gasteiger partial charge on any atom is 0.296 e. The zero-order valence-electron chi connectivity index (χ0n) is 14.8. The smallest absolute Gasteiger partial charge is 0.296 e. The SMILES string of the molecule is Cc1ccc(N=Nc2c(N)ccc3cc(S(=O)(=O)O)cc(O)c23)c(S(=O)(=O)O)c1. The molecule has 152 valence electrons. The number of nitrogens with zero attached hydrogens (tertiary/aromatic N) is 2. The lowest BCUT2D eigenvalue weighted by Gasteiger charge is -2.09. The third-order valence-corrected chi connectivity index (χ3v) is 5.74. The molecule has 0 saturated carbocycles. The third kappa shape index (κ3) is 4.19. The number of benzene rings is 3. The summed E-state index contributed by atoms with van der Waals surface area (Å²) in [4.78, 5) is -0.986. The van der Waals surface area contributed by atoms with E-state index in [0.717, 1.165) is 12.1 Å². The Labute approximate surface area is 165 Å². The van der Waals surface area contributed by atoms with Crippen molar-refractivity contribution in [3.63, 3.8) is 0 Å². The maximum absolute atomic E-state index is 11.6. The van der Waals surface area contributed by atoms with Crippen LogP contribution < -0.4 is 5.73 Å². The molecule has 0 unspecified atom stereocenters. The Balaban J connectivity index is 2.23. The number of aromatic hydroxyl groups is 1. The summed E-state index contributed by atoms with van der Waals surface area (Å²) >= 11 is 0. The first-order valence-electron chi connectivity index (χ1n) is 7.90.